The van der Waals surface area contributed by atoms with E-state index < -0.39 is 15.9 Å². The monoisotopic (exact) mass is 288 g/mol. The Kier molecular flexibility index (Phi) is 3.02. The van der Waals surface area contributed by atoms with Crippen LogP contribution < -0.4 is 0 Å². The molecule has 1 aliphatic rings. The van der Waals surface area contributed by atoms with Gasteiger partial charge in [0.2, 0.25) is 10.0 Å². The van der Waals surface area contributed by atoms with Gasteiger partial charge >= 0.3 is 0 Å². The van der Waals surface area contributed by atoms with Crippen LogP contribution in [0, 0.1) is 0 Å². The molecule has 0 bridgehead atoms. The van der Waals surface area contributed by atoms with Gasteiger partial charge in [-0.3, -0.25) is 9.78 Å². The van der Waals surface area contributed by atoms with Gasteiger partial charge in [0.1, 0.15) is 0 Å². The van der Waals surface area contributed by atoms with E-state index in [0.717, 1.165) is 4.31 Å². The third-order valence-corrected chi connectivity index (χ3v) is 4.82. The van der Waals surface area contributed by atoms with Crippen molar-refractivity contribution in [3.63, 3.8) is 0 Å². The van der Waals surface area contributed by atoms with E-state index in [9.17, 15) is 13.2 Å². The summed E-state index contributed by atoms with van der Waals surface area (Å²) in [6.45, 7) is -0.0314. The Morgan fingerprint density at radius 3 is 2.60 bits per heavy atom. The Labute approximate surface area is 116 Å². The number of nitrogens with zero attached hydrogens (tertiary/aromatic N) is 2. The van der Waals surface area contributed by atoms with E-state index in [1.54, 1.807) is 48.7 Å². The summed E-state index contributed by atoms with van der Waals surface area (Å²) in [5, 5.41) is 0. The molecule has 0 atom stereocenters. The maximum absolute atomic E-state index is 12.4. The summed E-state index contributed by atoms with van der Waals surface area (Å²) < 4.78 is 25.4. The first-order valence-corrected chi connectivity index (χ1v) is 7.71. The molecule has 0 unspecified atom stereocenters. The molecule has 0 saturated carbocycles. The maximum Gasteiger partial charge on any atom is 0.268 e. The Morgan fingerprint density at radius 1 is 1.10 bits per heavy atom. The summed E-state index contributed by atoms with van der Waals surface area (Å²) in [4.78, 5) is 16.4. The Hall–Kier alpha value is -2.21. The van der Waals surface area contributed by atoms with Crippen molar-refractivity contribution < 1.29 is 13.2 Å². The van der Waals surface area contributed by atoms with Crippen molar-refractivity contribution in [2.75, 3.05) is 0 Å². The van der Waals surface area contributed by atoms with Gasteiger partial charge in [-0.2, -0.15) is 0 Å². The maximum atomic E-state index is 12.4. The predicted octanol–water partition coefficient (Wildman–Crippen LogP) is 1.57. The highest BCUT2D eigenvalue weighted by Crippen LogP contribution is 2.25. The van der Waals surface area contributed by atoms with Gasteiger partial charge in [0.15, 0.2) is 0 Å². The van der Waals surface area contributed by atoms with Crippen molar-refractivity contribution in [2.45, 2.75) is 12.3 Å². The molecule has 0 radical (unpaired) electrons. The Morgan fingerprint density at radius 2 is 1.85 bits per heavy atom. The first kappa shape index (κ1) is 12.8. The van der Waals surface area contributed by atoms with Gasteiger partial charge < -0.3 is 0 Å². The van der Waals surface area contributed by atoms with Gasteiger partial charge in [0.05, 0.1) is 18.0 Å². The molecule has 102 valence electrons. The number of carbonyl (C=O) groups excluding carboxylic acids is 1. The van der Waals surface area contributed by atoms with E-state index in [-0.39, 0.29) is 12.3 Å². The molecule has 0 N–H and O–H groups in total. The summed E-state index contributed by atoms with van der Waals surface area (Å²) in [6, 6.07) is 12.0. The fourth-order valence-corrected chi connectivity index (χ4v) is 3.68. The quantitative estimate of drug-likeness (QED) is 0.841. The minimum atomic E-state index is -3.64. The standard InChI is InChI=1S/C14H12N2O3S/c17-14-13-7-2-1-5-11(13)10-20(18,19)16(14)9-12-6-3-4-8-15-12/h1-8H,9-10H2. The third kappa shape index (κ3) is 2.18. The lowest BCUT2D eigenvalue weighted by Crippen LogP contribution is -2.41. The van der Waals surface area contributed by atoms with Gasteiger partial charge in [0, 0.05) is 11.8 Å². The minimum absolute atomic E-state index is 0.0314. The summed E-state index contributed by atoms with van der Waals surface area (Å²) >= 11 is 0. The largest absolute Gasteiger partial charge is 0.268 e. The van der Waals surface area contributed by atoms with Crippen LogP contribution in [0.15, 0.2) is 48.7 Å². The predicted molar refractivity (Wildman–Crippen MR) is 73.2 cm³/mol. The summed E-state index contributed by atoms with van der Waals surface area (Å²) in [7, 11) is -3.64. The average molecular weight is 288 g/mol. The molecule has 1 aromatic heterocycles. The molecule has 20 heavy (non-hydrogen) atoms. The van der Waals surface area contributed by atoms with E-state index in [4.69, 9.17) is 0 Å². The fraction of sp³-hybridized carbons (Fsp3) is 0.143. The molecule has 2 aromatic rings. The molecule has 1 aromatic carbocycles. The van der Waals surface area contributed by atoms with E-state index in [1.165, 1.54) is 0 Å². The molecule has 0 saturated heterocycles. The number of rotatable bonds is 2. The van der Waals surface area contributed by atoms with Crippen LogP contribution in [0.5, 0.6) is 0 Å². The lowest BCUT2D eigenvalue weighted by Gasteiger charge is -2.27. The molecule has 6 heteroatoms. The lowest BCUT2D eigenvalue weighted by molar-refractivity contribution is 0.0848. The van der Waals surface area contributed by atoms with E-state index in [2.05, 4.69) is 4.98 Å². The van der Waals surface area contributed by atoms with Crippen molar-refractivity contribution in [3.8, 4) is 0 Å². The molecule has 5 nitrogen and oxygen atoms in total. The number of carbonyl (C=O) groups is 1. The van der Waals surface area contributed by atoms with Crippen LogP contribution in [0.25, 0.3) is 0 Å². The highest BCUT2D eigenvalue weighted by Gasteiger charge is 2.35. The zero-order valence-corrected chi connectivity index (χ0v) is 11.4. The number of sulfonamides is 1. The van der Waals surface area contributed by atoms with E-state index in [0.29, 0.717) is 16.8 Å². The SMILES string of the molecule is O=C1c2ccccc2CS(=O)(=O)N1Cc1ccccn1. The first-order chi connectivity index (χ1) is 9.58. The van der Waals surface area contributed by atoms with Gasteiger partial charge in [-0.1, -0.05) is 24.3 Å². The van der Waals surface area contributed by atoms with Gasteiger partial charge in [-0.15, -0.1) is 0 Å². The number of pyridine rings is 1. The second-order valence-corrected chi connectivity index (χ2v) is 6.44. The molecule has 2 heterocycles. The lowest BCUT2D eigenvalue weighted by atomic mass is 10.1. The van der Waals surface area contributed by atoms with Gasteiger partial charge in [0.25, 0.3) is 5.91 Å². The van der Waals surface area contributed by atoms with Gasteiger partial charge in [-0.05, 0) is 23.8 Å². The van der Waals surface area contributed by atoms with Crippen LogP contribution in [0.1, 0.15) is 21.6 Å². The molecule has 0 aliphatic carbocycles. The Bertz CT molecular complexity index is 757. The number of hydrogen-bond acceptors (Lipinski definition) is 4. The molecule has 1 aliphatic heterocycles. The summed E-state index contributed by atoms with van der Waals surface area (Å²) in [6.07, 6.45) is 1.57. The highest BCUT2D eigenvalue weighted by atomic mass is 32.2. The van der Waals surface area contributed by atoms with Crippen LogP contribution in [0.2, 0.25) is 0 Å². The number of amides is 1. The van der Waals surface area contributed by atoms with Crippen molar-refractivity contribution in [1.82, 2.24) is 9.29 Å². The highest BCUT2D eigenvalue weighted by molar-refractivity contribution is 7.89. The minimum Gasteiger partial charge on any atom is -0.268 e. The van der Waals surface area contributed by atoms with Crippen LogP contribution in [0.4, 0.5) is 0 Å². The molecule has 0 spiro atoms. The zero-order valence-electron chi connectivity index (χ0n) is 10.6. The molecule has 1 amide bonds. The number of benzene rings is 1. The molecule has 3 rings (SSSR count). The number of fused-ring (bicyclic) bond motifs is 1. The van der Waals surface area contributed by atoms with Crippen LogP contribution in [-0.4, -0.2) is 23.6 Å². The number of hydrogen-bond donors (Lipinski definition) is 0. The smallest absolute Gasteiger partial charge is 0.268 e. The second-order valence-electron chi connectivity index (χ2n) is 4.55. The normalized spacial score (nSPS) is 16.8. The third-order valence-electron chi connectivity index (χ3n) is 3.18. The van der Waals surface area contributed by atoms with Crippen LogP contribution >= 0.6 is 0 Å². The average Bonchev–Trinajstić information content (AvgIpc) is 2.44. The second kappa shape index (κ2) is 4.72. The van der Waals surface area contributed by atoms with Crippen LogP contribution in [-0.2, 0) is 22.3 Å². The first-order valence-electron chi connectivity index (χ1n) is 6.10. The summed E-state index contributed by atoms with van der Waals surface area (Å²) in [5.74, 6) is -0.639. The fourth-order valence-electron chi connectivity index (χ4n) is 2.20. The van der Waals surface area contributed by atoms with Crippen LogP contribution in [0.3, 0.4) is 0 Å². The molecular formula is C14H12N2O3S. The van der Waals surface area contributed by atoms with Crippen molar-refractivity contribution in [1.29, 1.82) is 0 Å². The molecule has 0 fully saturated rings. The van der Waals surface area contributed by atoms with Crippen molar-refractivity contribution in [2.24, 2.45) is 0 Å². The van der Waals surface area contributed by atoms with Crippen molar-refractivity contribution >= 4 is 15.9 Å². The van der Waals surface area contributed by atoms with Crippen molar-refractivity contribution in [3.05, 3.63) is 65.5 Å². The topological polar surface area (TPSA) is 67.3 Å². The van der Waals surface area contributed by atoms with E-state index in [1.807, 2.05) is 0 Å². The number of aromatic nitrogens is 1. The zero-order chi connectivity index (χ0) is 14.2. The Balaban J connectivity index is 2.01. The van der Waals surface area contributed by atoms with Gasteiger partial charge in [-0.25, -0.2) is 12.7 Å². The summed E-state index contributed by atoms with van der Waals surface area (Å²) in [5.41, 5.74) is 1.54. The molecular weight excluding hydrogens is 276 g/mol. The van der Waals surface area contributed by atoms with E-state index >= 15 is 0 Å².